The molecule has 2 aromatic carbocycles. The van der Waals surface area contributed by atoms with Crippen molar-refractivity contribution in [3.63, 3.8) is 0 Å². The highest BCUT2D eigenvalue weighted by molar-refractivity contribution is 6.01. The van der Waals surface area contributed by atoms with Crippen molar-refractivity contribution in [1.29, 1.82) is 0 Å². The van der Waals surface area contributed by atoms with Crippen molar-refractivity contribution in [3.05, 3.63) is 42.0 Å². The molecule has 0 saturated heterocycles. The Labute approximate surface area is 174 Å². The Kier molecular flexibility index (Phi) is 8.06. The number of hydrogen-bond donors (Lipinski definition) is 1. The van der Waals surface area contributed by atoms with E-state index in [-0.39, 0.29) is 24.5 Å². The van der Waals surface area contributed by atoms with Crippen LogP contribution in [-0.4, -0.2) is 42.5 Å². The monoisotopic (exact) mass is 398 g/mol. The van der Waals surface area contributed by atoms with E-state index in [2.05, 4.69) is 33.0 Å². The number of benzene rings is 2. The summed E-state index contributed by atoms with van der Waals surface area (Å²) in [5.74, 6) is 0.911. The van der Waals surface area contributed by atoms with Crippen molar-refractivity contribution < 1.29 is 14.3 Å². The largest absolute Gasteiger partial charge is 0.483 e. The van der Waals surface area contributed by atoms with E-state index < -0.39 is 0 Å². The SMILES string of the molecule is CC(C)CN(CC(C)C)C(=O)c1cc2ccccc2cc1OCC(=O)NC(C)C. The predicted molar refractivity (Wildman–Crippen MR) is 118 cm³/mol. The lowest BCUT2D eigenvalue weighted by molar-refractivity contribution is -0.123. The molecule has 0 aliphatic carbocycles. The molecular weight excluding hydrogens is 364 g/mol. The van der Waals surface area contributed by atoms with Crippen molar-refractivity contribution in [2.75, 3.05) is 19.7 Å². The molecule has 0 spiro atoms. The van der Waals surface area contributed by atoms with E-state index in [0.717, 1.165) is 10.8 Å². The van der Waals surface area contributed by atoms with Crippen LogP contribution in [0.5, 0.6) is 5.75 Å². The van der Waals surface area contributed by atoms with Crippen LogP contribution in [0.25, 0.3) is 10.8 Å². The second kappa shape index (κ2) is 10.3. The Balaban J connectivity index is 2.39. The molecule has 0 aromatic heterocycles. The minimum Gasteiger partial charge on any atom is -0.483 e. The molecule has 5 nitrogen and oxygen atoms in total. The van der Waals surface area contributed by atoms with E-state index >= 15 is 0 Å². The third-order valence-electron chi connectivity index (χ3n) is 4.35. The molecule has 158 valence electrons. The van der Waals surface area contributed by atoms with Gasteiger partial charge in [0.05, 0.1) is 5.56 Å². The molecule has 0 saturated carbocycles. The lowest BCUT2D eigenvalue weighted by atomic mass is 10.0. The second-order valence-corrected chi connectivity index (χ2v) is 8.70. The summed E-state index contributed by atoms with van der Waals surface area (Å²) in [7, 11) is 0. The molecule has 2 aromatic rings. The van der Waals surface area contributed by atoms with Crippen LogP contribution in [0.2, 0.25) is 0 Å². The fraction of sp³-hybridized carbons (Fsp3) is 0.500. The van der Waals surface area contributed by atoms with E-state index in [1.54, 1.807) is 0 Å². The Morgan fingerprint density at radius 3 is 2.00 bits per heavy atom. The van der Waals surface area contributed by atoms with Crippen molar-refractivity contribution >= 4 is 22.6 Å². The lowest BCUT2D eigenvalue weighted by Gasteiger charge is -2.27. The third kappa shape index (κ3) is 6.77. The summed E-state index contributed by atoms with van der Waals surface area (Å²) < 4.78 is 5.83. The summed E-state index contributed by atoms with van der Waals surface area (Å²) in [6.45, 7) is 13.5. The van der Waals surface area contributed by atoms with Gasteiger partial charge in [0.2, 0.25) is 0 Å². The zero-order valence-corrected chi connectivity index (χ0v) is 18.5. The number of ether oxygens (including phenoxy) is 1. The molecule has 2 amide bonds. The summed E-state index contributed by atoms with van der Waals surface area (Å²) >= 11 is 0. The number of hydrogen-bond acceptors (Lipinski definition) is 3. The summed E-state index contributed by atoms with van der Waals surface area (Å²) in [6, 6.07) is 11.6. The minimum atomic E-state index is -0.201. The minimum absolute atomic E-state index is 0.0383. The highest BCUT2D eigenvalue weighted by Crippen LogP contribution is 2.28. The molecule has 0 unspecified atom stereocenters. The van der Waals surface area contributed by atoms with E-state index in [0.29, 0.717) is 36.2 Å². The average molecular weight is 399 g/mol. The molecule has 0 heterocycles. The molecule has 2 rings (SSSR count). The molecule has 0 radical (unpaired) electrons. The number of amides is 2. The highest BCUT2D eigenvalue weighted by Gasteiger charge is 2.22. The molecule has 0 aliphatic heterocycles. The van der Waals surface area contributed by atoms with Crippen LogP contribution in [0, 0.1) is 11.8 Å². The van der Waals surface area contributed by atoms with Gasteiger partial charge >= 0.3 is 0 Å². The van der Waals surface area contributed by atoms with Crippen LogP contribution in [0.15, 0.2) is 36.4 Å². The van der Waals surface area contributed by atoms with E-state index in [1.807, 2.05) is 55.1 Å². The van der Waals surface area contributed by atoms with Crippen LogP contribution >= 0.6 is 0 Å². The average Bonchev–Trinajstić information content (AvgIpc) is 2.63. The molecule has 0 aliphatic rings. The van der Waals surface area contributed by atoms with E-state index in [1.165, 1.54) is 0 Å². The maximum Gasteiger partial charge on any atom is 0.258 e. The van der Waals surface area contributed by atoms with Crippen molar-refractivity contribution in [2.24, 2.45) is 11.8 Å². The van der Waals surface area contributed by atoms with Gasteiger partial charge in [0, 0.05) is 19.1 Å². The van der Waals surface area contributed by atoms with Crippen molar-refractivity contribution in [3.8, 4) is 5.75 Å². The Bertz CT molecular complexity index is 833. The van der Waals surface area contributed by atoms with Crippen LogP contribution in [0.4, 0.5) is 0 Å². The van der Waals surface area contributed by atoms with Crippen molar-refractivity contribution in [2.45, 2.75) is 47.6 Å². The maximum absolute atomic E-state index is 13.4. The smallest absolute Gasteiger partial charge is 0.258 e. The lowest BCUT2D eigenvalue weighted by Crippen LogP contribution is -2.37. The van der Waals surface area contributed by atoms with Gasteiger partial charge in [-0.1, -0.05) is 52.0 Å². The zero-order chi connectivity index (χ0) is 21.6. The van der Waals surface area contributed by atoms with Crippen LogP contribution in [0.1, 0.15) is 51.9 Å². The summed E-state index contributed by atoms with van der Waals surface area (Å²) in [5, 5.41) is 4.76. The first kappa shape index (κ1) is 22.7. The number of nitrogens with one attached hydrogen (secondary N) is 1. The van der Waals surface area contributed by atoms with Gasteiger partial charge in [-0.2, -0.15) is 0 Å². The topological polar surface area (TPSA) is 58.6 Å². The number of nitrogens with zero attached hydrogens (tertiary/aromatic N) is 1. The third-order valence-corrected chi connectivity index (χ3v) is 4.35. The number of carbonyl (C=O) groups is 2. The van der Waals surface area contributed by atoms with Gasteiger partial charge in [0.1, 0.15) is 5.75 Å². The maximum atomic E-state index is 13.4. The van der Waals surface area contributed by atoms with Crippen LogP contribution in [-0.2, 0) is 4.79 Å². The number of carbonyl (C=O) groups excluding carboxylic acids is 2. The number of rotatable bonds is 9. The van der Waals surface area contributed by atoms with E-state index in [9.17, 15) is 9.59 Å². The van der Waals surface area contributed by atoms with Crippen LogP contribution in [0.3, 0.4) is 0 Å². The van der Waals surface area contributed by atoms with Gasteiger partial charge in [-0.25, -0.2) is 0 Å². The molecule has 1 N–H and O–H groups in total. The van der Waals surface area contributed by atoms with Crippen molar-refractivity contribution in [1.82, 2.24) is 10.2 Å². The standard InChI is InChI=1S/C24H34N2O3/c1-16(2)13-26(14-17(3)4)24(28)21-11-19-9-7-8-10-20(19)12-22(21)29-15-23(27)25-18(5)6/h7-12,16-18H,13-15H2,1-6H3,(H,25,27). The Morgan fingerprint density at radius 2 is 1.48 bits per heavy atom. The molecule has 29 heavy (non-hydrogen) atoms. The quantitative estimate of drug-likeness (QED) is 0.677. The molecule has 0 bridgehead atoms. The van der Waals surface area contributed by atoms with Gasteiger partial charge in [0.15, 0.2) is 6.61 Å². The fourth-order valence-electron chi connectivity index (χ4n) is 3.31. The Morgan fingerprint density at radius 1 is 0.931 bits per heavy atom. The molecule has 0 fully saturated rings. The van der Waals surface area contributed by atoms with Gasteiger partial charge in [-0.15, -0.1) is 0 Å². The van der Waals surface area contributed by atoms with E-state index in [4.69, 9.17) is 4.74 Å². The van der Waals surface area contributed by atoms with Gasteiger partial charge in [-0.3, -0.25) is 9.59 Å². The van der Waals surface area contributed by atoms with Gasteiger partial charge in [-0.05, 0) is 48.6 Å². The first-order valence-electron chi connectivity index (χ1n) is 10.4. The highest BCUT2D eigenvalue weighted by atomic mass is 16.5. The molecular formula is C24H34N2O3. The normalized spacial score (nSPS) is 11.3. The second-order valence-electron chi connectivity index (χ2n) is 8.70. The fourth-order valence-corrected chi connectivity index (χ4v) is 3.31. The zero-order valence-electron chi connectivity index (χ0n) is 18.5. The molecule has 0 atom stereocenters. The summed E-state index contributed by atoms with van der Waals surface area (Å²) in [6.07, 6.45) is 0. The summed E-state index contributed by atoms with van der Waals surface area (Å²) in [5.41, 5.74) is 0.502. The first-order chi connectivity index (χ1) is 13.7. The molecule has 5 heteroatoms. The van der Waals surface area contributed by atoms with Gasteiger partial charge < -0.3 is 15.0 Å². The first-order valence-corrected chi connectivity index (χ1v) is 10.4. The predicted octanol–water partition coefficient (Wildman–Crippen LogP) is 4.50. The Hall–Kier alpha value is -2.56. The van der Waals surface area contributed by atoms with Crippen LogP contribution < -0.4 is 10.1 Å². The summed E-state index contributed by atoms with van der Waals surface area (Å²) in [4.78, 5) is 27.4. The van der Waals surface area contributed by atoms with Gasteiger partial charge in [0.25, 0.3) is 11.8 Å². The number of fused-ring (bicyclic) bond motifs is 1.